The lowest BCUT2D eigenvalue weighted by Gasteiger charge is -2.38. The first-order chi connectivity index (χ1) is 14.5. The summed E-state index contributed by atoms with van der Waals surface area (Å²) in [6.07, 6.45) is 1.47. The van der Waals surface area contributed by atoms with E-state index in [0.29, 0.717) is 37.5 Å². The van der Waals surface area contributed by atoms with Gasteiger partial charge >= 0.3 is 10.2 Å². The van der Waals surface area contributed by atoms with Crippen molar-refractivity contribution in [3.8, 4) is 5.75 Å². The van der Waals surface area contributed by atoms with E-state index in [1.54, 1.807) is 34.1 Å². The molecule has 0 atom stereocenters. The highest BCUT2D eigenvalue weighted by Crippen LogP contribution is 2.26. The Kier molecular flexibility index (Phi) is 6.13. The van der Waals surface area contributed by atoms with Gasteiger partial charge in [-0.1, -0.05) is 32.9 Å². The molecule has 2 aliphatic heterocycles. The minimum absolute atomic E-state index is 0.00602. The molecule has 0 aliphatic carbocycles. The van der Waals surface area contributed by atoms with Crippen LogP contribution in [-0.4, -0.2) is 80.4 Å². The molecule has 31 heavy (non-hydrogen) atoms. The van der Waals surface area contributed by atoms with Crippen molar-refractivity contribution in [1.29, 1.82) is 0 Å². The maximum Gasteiger partial charge on any atom is 0.345 e. The number of nitrogens with zero attached hydrogens (tertiary/aromatic N) is 4. The molecule has 3 rings (SSSR count). The van der Waals surface area contributed by atoms with E-state index in [9.17, 15) is 18.0 Å². The monoisotopic (exact) mass is 448 g/mol. The summed E-state index contributed by atoms with van der Waals surface area (Å²) in [5, 5.41) is 0. The van der Waals surface area contributed by atoms with Crippen molar-refractivity contribution in [2.45, 2.75) is 20.8 Å². The number of methoxy groups -OCH3 is 1. The van der Waals surface area contributed by atoms with Crippen molar-refractivity contribution in [1.82, 2.24) is 14.1 Å². The first-order valence-corrected chi connectivity index (χ1v) is 11.4. The van der Waals surface area contributed by atoms with Crippen LogP contribution < -0.4 is 4.74 Å². The molecular weight excluding hydrogens is 420 g/mol. The van der Waals surface area contributed by atoms with Crippen LogP contribution in [0.15, 0.2) is 40.4 Å². The summed E-state index contributed by atoms with van der Waals surface area (Å²) in [6, 6.07) is 6.89. The Hall–Kier alpha value is -2.88. The lowest BCUT2D eigenvalue weighted by atomic mass is 9.94. The molecule has 0 bridgehead atoms. The Bertz CT molecular complexity index is 1050. The Morgan fingerprint density at radius 2 is 1.61 bits per heavy atom. The highest BCUT2D eigenvalue weighted by atomic mass is 32.2. The second-order valence-corrected chi connectivity index (χ2v) is 10.1. The maximum atomic E-state index is 13.2. The predicted octanol–water partition coefficient (Wildman–Crippen LogP) is 1.28. The van der Waals surface area contributed by atoms with E-state index in [0.717, 1.165) is 4.31 Å². The van der Waals surface area contributed by atoms with E-state index < -0.39 is 21.5 Å². The van der Waals surface area contributed by atoms with Crippen LogP contribution in [0.4, 0.5) is 0 Å². The van der Waals surface area contributed by atoms with Crippen LogP contribution in [0.5, 0.6) is 5.75 Å². The Morgan fingerprint density at radius 3 is 2.19 bits per heavy atom. The number of carbonyl (C=O) groups excluding carboxylic acids is 2. The zero-order valence-electron chi connectivity index (χ0n) is 18.5. The molecule has 168 valence electrons. The van der Waals surface area contributed by atoms with Crippen molar-refractivity contribution in [3.05, 3.63) is 41.6 Å². The molecule has 9 nitrogen and oxygen atoms in total. The molecule has 1 saturated heterocycles. The summed E-state index contributed by atoms with van der Waals surface area (Å²) in [5.41, 5.74) is 0.131. The van der Waals surface area contributed by atoms with E-state index in [1.165, 1.54) is 20.2 Å². The lowest BCUT2D eigenvalue weighted by Crippen LogP contribution is -2.54. The second kappa shape index (κ2) is 8.33. The first-order valence-electron chi connectivity index (χ1n) is 9.98. The van der Waals surface area contributed by atoms with E-state index in [-0.39, 0.29) is 17.3 Å². The van der Waals surface area contributed by atoms with Crippen molar-refractivity contribution in [2.75, 3.05) is 40.3 Å². The third kappa shape index (κ3) is 4.58. The predicted molar refractivity (Wildman–Crippen MR) is 117 cm³/mol. The minimum Gasteiger partial charge on any atom is -0.496 e. The van der Waals surface area contributed by atoms with Crippen LogP contribution in [0.3, 0.4) is 0 Å². The molecule has 0 radical (unpaired) electrons. The van der Waals surface area contributed by atoms with Gasteiger partial charge in [-0.05, 0) is 18.2 Å². The van der Waals surface area contributed by atoms with Crippen LogP contribution in [0, 0.1) is 5.41 Å². The number of carbonyl (C=O) groups is 2. The standard InChI is InChI=1S/C21H28N4O5S/c1-21(2,3)20(27)25-12-10-24(11-13-25)19(26)17-14-16(22-31(28,29)23(17)4)15-8-6-7-9-18(15)30-5/h6-9,14H,10-13H2,1-5H3. The molecule has 1 aromatic carbocycles. The van der Waals surface area contributed by atoms with Gasteiger partial charge in [0.15, 0.2) is 0 Å². The van der Waals surface area contributed by atoms with Crippen molar-refractivity contribution >= 4 is 27.7 Å². The number of para-hydroxylation sites is 1. The van der Waals surface area contributed by atoms with E-state index in [1.807, 2.05) is 20.8 Å². The maximum absolute atomic E-state index is 13.2. The van der Waals surface area contributed by atoms with Gasteiger partial charge in [-0.25, -0.2) is 4.31 Å². The Balaban J connectivity index is 1.86. The van der Waals surface area contributed by atoms with Crippen LogP contribution in [0.1, 0.15) is 26.3 Å². The largest absolute Gasteiger partial charge is 0.496 e. The number of rotatable bonds is 3. The quantitative estimate of drug-likeness (QED) is 0.694. The molecule has 2 heterocycles. The zero-order valence-corrected chi connectivity index (χ0v) is 19.3. The first kappa shape index (κ1) is 22.8. The summed E-state index contributed by atoms with van der Waals surface area (Å²) in [5.74, 6) is 0.0661. The van der Waals surface area contributed by atoms with Gasteiger partial charge in [-0.15, -0.1) is 4.40 Å². The van der Waals surface area contributed by atoms with Gasteiger partial charge in [0.1, 0.15) is 11.4 Å². The Labute approximate surface area is 183 Å². The second-order valence-electron chi connectivity index (χ2n) is 8.49. The number of benzene rings is 1. The highest BCUT2D eigenvalue weighted by molar-refractivity contribution is 7.88. The van der Waals surface area contributed by atoms with Crippen LogP contribution in [-0.2, 0) is 19.8 Å². The van der Waals surface area contributed by atoms with Gasteiger partial charge < -0.3 is 14.5 Å². The number of hydrogen-bond donors (Lipinski definition) is 0. The van der Waals surface area contributed by atoms with Gasteiger partial charge in [0.05, 0.1) is 12.8 Å². The van der Waals surface area contributed by atoms with Crippen LogP contribution in [0.25, 0.3) is 0 Å². The summed E-state index contributed by atoms with van der Waals surface area (Å²) < 4.78 is 35.3. The number of amides is 2. The average Bonchev–Trinajstić information content (AvgIpc) is 2.74. The zero-order chi connectivity index (χ0) is 23.0. The molecule has 1 fully saturated rings. The summed E-state index contributed by atoms with van der Waals surface area (Å²) in [4.78, 5) is 29.0. The number of ether oxygens (including phenoxy) is 1. The molecule has 10 heteroatoms. The summed E-state index contributed by atoms with van der Waals surface area (Å²) in [7, 11) is -1.29. The molecule has 0 spiro atoms. The number of likely N-dealkylation sites (N-methyl/N-ethyl adjacent to an activating group) is 1. The fraction of sp³-hybridized carbons (Fsp3) is 0.476. The fourth-order valence-corrected chi connectivity index (χ4v) is 4.39. The fourth-order valence-electron chi connectivity index (χ4n) is 3.49. The topological polar surface area (TPSA) is 99.6 Å². The molecule has 0 N–H and O–H groups in total. The van der Waals surface area contributed by atoms with Crippen molar-refractivity contribution in [3.63, 3.8) is 0 Å². The third-order valence-corrected chi connectivity index (χ3v) is 6.59. The average molecular weight is 449 g/mol. The van der Waals surface area contributed by atoms with Gasteiger partial charge in [0, 0.05) is 44.2 Å². The number of allylic oxidation sites excluding steroid dienone is 1. The van der Waals surface area contributed by atoms with Gasteiger partial charge in [-0.2, -0.15) is 8.42 Å². The third-order valence-electron chi connectivity index (χ3n) is 5.27. The molecule has 0 saturated carbocycles. The molecule has 2 amide bonds. The Morgan fingerprint density at radius 1 is 1.03 bits per heavy atom. The van der Waals surface area contributed by atoms with Crippen molar-refractivity contribution in [2.24, 2.45) is 9.81 Å². The van der Waals surface area contributed by atoms with Crippen LogP contribution >= 0.6 is 0 Å². The normalized spacial score (nSPS) is 18.9. The molecule has 0 unspecified atom stereocenters. The summed E-state index contributed by atoms with van der Waals surface area (Å²) in [6.45, 7) is 7.03. The van der Waals surface area contributed by atoms with E-state index in [2.05, 4.69) is 4.40 Å². The van der Waals surface area contributed by atoms with Crippen LogP contribution in [0.2, 0.25) is 0 Å². The van der Waals surface area contributed by atoms with Crippen molar-refractivity contribution < 1.29 is 22.7 Å². The molecule has 2 aliphatic rings. The van der Waals surface area contributed by atoms with Gasteiger partial charge in [0.2, 0.25) is 5.91 Å². The molecule has 1 aromatic rings. The minimum atomic E-state index is -4.07. The lowest BCUT2D eigenvalue weighted by molar-refractivity contribution is -0.144. The highest BCUT2D eigenvalue weighted by Gasteiger charge is 2.36. The summed E-state index contributed by atoms with van der Waals surface area (Å²) >= 11 is 0. The molecule has 0 aromatic heterocycles. The smallest absolute Gasteiger partial charge is 0.345 e. The van der Waals surface area contributed by atoms with Gasteiger partial charge in [0.25, 0.3) is 5.91 Å². The number of piperazine rings is 1. The number of hydrogen-bond acceptors (Lipinski definition) is 5. The molecular formula is C21H28N4O5S. The van der Waals surface area contributed by atoms with E-state index >= 15 is 0 Å². The van der Waals surface area contributed by atoms with E-state index in [4.69, 9.17) is 4.74 Å². The van der Waals surface area contributed by atoms with Gasteiger partial charge in [-0.3, -0.25) is 9.59 Å². The SMILES string of the molecule is COc1ccccc1C1=NS(=O)(=O)N(C)C(C(=O)N2CCN(C(=O)C(C)(C)C)CC2)=C1.